The molecule has 0 bridgehead atoms. The monoisotopic (exact) mass is 235 g/mol. The van der Waals surface area contributed by atoms with Crippen molar-refractivity contribution in [3.8, 4) is 11.5 Å². The first-order valence-corrected chi connectivity index (χ1v) is 5.26. The molecule has 0 amide bonds. The molecule has 17 heavy (non-hydrogen) atoms. The largest absolute Gasteiger partial charge is 0.504 e. The number of rotatable bonds is 2. The standard InChI is InChI=1S/C12H13NO4/c1-3-17-12(16)9-6(2)13-7-4-5-8(14)11(15)10(7)9/h4-5,13-15H,3H2,1-2H3. The number of fused-ring (bicyclic) bond motifs is 1. The number of carbonyl (C=O) groups excluding carboxylic acids is 1. The Labute approximate surface area is 97.6 Å². The smallest absolute Gasteiger partial charge is 0.340 e. The fourth-order valence-electron chi connectivity index (χ4n) is 1.85. The third kappa shape index (κ3) is 1.69. The second kappa shape index (κ2) is 4.01. The van der Waals surface area contributed by atoms with Crippen LogP contribution < -0.4 is 0 Å². The van der Waals surface area contributed by atoms with Crippen LogP contribution in [0.15, 0.2) is 12.1 Å². The van der Waals surface area contributed by atoms with Crippen LogP contribution in [0.1, 0.15) is 23.0 Å². The van der Waals surface area contributed by atoms with Crippen LogP contribution in [0.2, 0.25) is 0 Å². The summed E-state index contributed by atoms with van der Waals surface area (Å²) >= 11 is 0. The van der Waals surface area contributed by atoms with Crippen molar-refractivity contribution in [1.82, 2.24) is 4.98 Å². The molecule has 0 unspecified atom stereocenters. The molecule has 1 heterocycles. The van der Waals surface area contributed by atoms with Crippen LogP contribution >= 0.6 is 0 Å². The normalized spacial score (nSPS) is 10.7. The van der Waals surface area contributed by atoms with Crippen molar-refractivity contribution in [1.29, 1.82) is 0 Å². The minimum atomic E-state index is -0.517. The Bertz CT molecular complexity index is 586. The number of benzene rings is 1. The number of aromatic hydroxyl groups is 2. The van der Waals surface area contributed by atoms with Crippen LogP contribution in [0.4, 0.5) is 0 Å². The van der Waals surface area contributed by atoms with Crippen molar-refractivity contribution in [2.45, 2.75) is 13.8 Å². The van der Waals surface area contributed by atoms with Gasteiger partial charge in [-0.3, -0.25) is 0 Å². The molecule has 5 heteroatoms. The SMILES string of the molecule is CCOC(=O)c1c(C)[nH]c2ccc(O)c(O)c12. The van der Waals surface area contributed by atoms with Gasteiger partial charge in [-0.1, -0.05) is 0 Å². The van der Waals surface area contributed by atoms with E-state index in [-0.39, 0.29) is 23.7 Å². The van der Waals surface area contributed by atoms with Crippen LogP contribution in [-0.2, 0) is 4.74 Å². The number of hydrogen-bond donors (Lipinski definition) is 3. The Kier molecular flexibility index (Phi) is 2.67. The molecular formula is C12H13NO4. The maximum atomic E-state index is 11.8. The number of aromatic nitrogens is 1. The third-order valence-electron chi connectivity index (χ3n) is 2.58. The van der Waals surface area contributed by atoms with Gasteiger partial charge in [-0.05, 0) is 26.0 Å². The summed E-state index contributed by atoms with van der Waals surface area (Å²) in [6.45, 7) is 3.67. The molecule has 0 aliphatic heterocycles. The lowest BCUT2D eigenvalue weighted by Crippen LogP contribution is -2.05. The Balaban J connectivity index is 2.73. The number of hydrogen-bond acceptors (Lipinski definition) is 4. The predicted octanol–water partition coefficient (Wildman–Crippen LogP) is 2.06. The maximum absolute atomic E-state index is 11.8. The molecule has 0 fully saturated rings. The van der Waals surface area contributed by atoms with Crippen molar-refractivity contribution in [2.24, 2.45) is 0 Å². The summed E-state index contributed by atoms with van der Waals surface area (Å²) in [4.78, 5) is 14.7. The van der Waals surface area contributed by atoms with Crippen molar-refractivity contribution in [3.63, 3.8) is 0 Å². The predicted molar refractivity (Wildman–Crippen MR) is 62.3 cm³/mol. The number of phenolic OH excluding ortho intramolecular Hbond substituents is 2. The Hall–Kier alpha value is -2.17. The molecule has 90 valence electrons. The van der Waals surface area contributed by atoms with E-state index in [1.807, 2.05) is 0 Å². The number of H-pyrrole nitrogens is 1. The molecule has 0 aliphatic rings. The minimum Gasteiger partial charge on any atom is -0.504 e. The first-order chi connectivity index (χ1) is 8.06. The fourth-order valence-corrected chi connectivity index (χ4v) is 1.85. The summed E-state index contributed by atoms with van der Waals surface area (Å²) in [5.74, 6) is -1.09. The molecule has 0 spiro atoms. The first-order valence-electron chi connectivity index (χ1n) is 5.26. The van der Waals surface area contributed by atoms with Crippen molar-refractivity contribution in [2.75, 3.05) is 6.61 Å². The van der Waals surface area contributed by atoms with Gasteiger partial charge in [-0.25, -0.2) is 4.79 Å². The summed E-state index contributed by atoms with van der Waals surface area (Å²) in [5.41, 5.74) is 1.44. The Morgan fingerprint density at radius 3 is 2.76 bits per heavy atom. The fraction of sp³-hybridized carbons (Fsp3) is 0.250. The van der Waals surface area contributed by atoms with Gasteiger partial charge in [0, 0.05) is 5.69 Å². The van der Waals surface area contributed by atoms with E-state index >= 15 is 0 Å². The molecule has 0 radical (unpaired) electrons. The summed E-state index contributed by atoms with van der Waals surface area (Å²) in [6, 6.07) is 2.96. The second-order valence-corrected chi connectivity index (χ2v) is 3.70. The van der Waals surface area contributed by atoms with E-state index in [1.165, 1.54) is 6.07 Å². The van der Waals surface area contributed by atoms with E-state index in [2.05, 4.69) is 4.98 Å². The third-order valence-corrected chi connectivity index (χ3v) is 2.58. The van der Waals surface area contributed by atoms with E-state index in [0.717, 1.165) is 0 Å². The van der Waals surface area contributed by atoms with E-state index in [9.17, 15) is 15.0 Å². The number of ether oxygens (including phenoxy) is 1. The number of phenols is 2. The molecule has 2 aromatic rings. The molecule has 2 rings (SSSR count). The zero-order chi connectivity index (χ0) is 12.6. The summed E-state index contributed by atoms with van der Waals surface area (Å²) < 4.78 is 4.92. The molecule has 0 aliphatic carbocycles. The highest BCUT2D eigenvalue weighted by molar-refractivity contribution is 6.08. The van der Waals surface area contributed by atoms with Crippen molar-refractivity contribution >= 4 is 16.9 Å². The molecule has 5 nitrogen and oxygen atoms in total. The second-order valence-electron chi connectivity index (χ2n) is 3.70. The summed E-state index contributed by atoms with van der Waals surface area (Å²) in [6.07, 6.45) is 0. The van der Waals surface area contributed by atoms with Crippen molar-refractivity contribution < 1.29 is 19.7 Å². The average molecular weight is 235 g/mol. The highest BCUT2D eigenvalue weighted by Crippen LogP contribution is 2.37. The van der Waals surface area contributed by atoms with Gasteiger partial charge < -0.3 is 19.9 Å². The topological polar surface area (TPSA) is 82.6 Å². The molecular weight excluding hydrogens is 222 g/mol. The highest BCUT2D eigenvalue weighted by Gasteiger charge is 2.21. The summed E-state index contributed by atoms with van der Waals surface area (Å²) in [5, 5.41) is 19.5. The van der Waals surface area contributed by atoms with Gasteiger partial charge in [0.05, 0.1) is 23.1 Å². The van der Waals surface area contributed by atoms with E-state index in [1.54, 1.807) is 19.9 Å². The zero-order valence-electron chi connectivity index (χ0n) is 9.57. The first kappa shape index (κ1) is 11.3. The van der Waals surface area contributed by atoms with Crippen LogP contribution in [-0.4, -0.2) is 27.8 Å². The molecule has 0 atom stereocenters. The van der Waals surface area contributed by atoms with Gasteiger partial charge in [0.25, 0.3) is 0 Å². The lowest BCUT2D eigenvalue weighted by molar-refractivity contribution is 0.0527. The number of aromatic amines is 1. The molecule has 0 saturated heterocycles. The van der Waals surface area contributed by atoms with Gasteiger partial charge in [-0.2, -0.15) is 0 Å². The highest BCUT2D eigenvalue weighted by atomic mass is 16.5. The lowest BCUT2D eigenvalue weighted by atomic mass is 10.1. The summed E-state index contributed by atoms with van der Waals surface area (Å²) in [7, 11) is 0. The van der Waals surface area contributed by atoms with Crippen molar-refractivity contribution in [3.05, 3.63) is 23.4 Å². The van der Waals surface area contributed by atoms with Crippen LogP contribution in [0, 0.1) is 6.92 Å². The van der Waals surface area contributed by atoms with Crippen LogP contribution in [0.25, 0.3) is 10.9 Å². The van der Waals surface area contributed by atoms with Gasteiger partial charge in [0.15, 0.2) is 11.5 Å². The molecule has 1 aromatic heterocycles. The molecule has 1 aromatic carbocycles. The number of carbonyl (C=O) groups is 1. The lowest BCUT2D eigenvalue weighted by Gasteiger charge is -2.03. The van der Waals surface area contributed by atoms with E-state index in [4.69, 9.17) is 4.74 Å². The van der Waals surface area contributed by atoms with Gasteiger partial charge in [0.2, 0.25) is 0 Å². The molecule has 3 N–H and O–H groups in total. The average Bonchev–Trinajstić information content (AvgIpc) is 2.61. The number of aryl methyl sites for hydroxylation is 1. The van der Waals surface area contributed by atoms with Crippen LogP contribution in [0.5, 0.6) is 11.5 Å². The van der Waals surface area contributed by atoms with E-state index in [0.29, 0.717) is 16.6 Å². The van der Waals surface area contributed by atoms with Gasteiger partial charge >= 0.3 is 5.97 Å². The number of nitrogens with one attached hydrogen (secondary N) is 1. The Morgan fingerprint density at radius 1 is 1.41 bits per heavy atom. The Morgan fingerprint density at radius 2 is 2.12 bits per heavy atom. The quantitative estimate of drug-likeness (QED) is 0.549. The maximum Gasteiger partial charge on any atom is 0.340 e. The van der Waals surface area contributed by atoms with Gasteiger partial charge in [-0.15, -0.1) is 0 Å². The van der Waals surface area contributed by atoms with Gasteiger partial charge in [0.1, 0.15) is 0 Å². The minimum absolute atomic E-state index is 0.254. The zero-order valence-corrected chi connectivity index (χ0v) is 9.57. The molecule has 0 saturated carbocycles. The number of esters is 1. The van der Waals surface area contributed by atoms with Crippen LogP contribution in [0.3, 0.4) is 0 Å². The van der Waals surface area contributed by atoms with E-state index < -0.39 is 5.97 Å².